The summed E-state index contributed by atoms with van der Waals surface area (Å²) in [6.07, 6.45) is 0. The molecule has 0 radical (unpaired) electrons. The van der Waals surface area contributed by atoms with Crippen molar-refractivity contribution in [3.63, 3.8) is 0 Å². The van der Waals surface area contributed by atoms with E-state index in [9.17, 15) is 0 Å². The summed E-state index contributed by atoms with van der Waals surface area (Å²) >= 11 is 4.70. The highest BCUT2D eigenvalue weighted by Crippen LogP contribution is 2.32. The average molecular weight is 357 g/mol. The Morgan fingerprint density at radius 3 is 2.70 bits per heavy atom. The largest absolute Gasteiger partial charge is 0.493 e. The summed E-state index contributed by atoms with van der Waals surface area (Å²) in [5, 5.41) is 8.49. The molecule has 1 aromatic carbocycles. The quantitative estimate of drug-likeness (QED) is 0.734. The number of nitrogens with zero attached hydrogens (tertiary/aromatic N) is 2. The number of ether oxygens (including phenoxy) is 2. The van der Waals surface area contributed by atoms with Crippen LogP contribution >= 0.6 is 27.7 Å². The Morgan fingerprint density at radius 1 is 1.30 bits per heavy atom. The van der Waals surface area contributed by atoms with E-state index >= 15 is 0 Å². The highest BCUT2D eigenvalue weighted by atomic mass is 79.9. The highest BCUT2D eigenvalue weighted by molar-refractivity contribution is 9.11. The van der Waals surface area contributed by atoms with Crippen molar-refractivity contribution < 1.29 is 13.9 Å². The van der Waals surface area contributed by atoms with Crippen molar-refractivity contribution in [3.8, 4) is 23.0 Å². The van der Waals surface area contributed by atoms with E-state index in [1.165, 1.54) is 11.8 Å². The van der Waals surface area contributed by atoms with Gasteiger partial charge in [-0.15, -0.1) is 10.2 Å². The van der Waals surface area contributed by atoms with Crippen molar-refractivity contribution in [2.24, 2.45) is 0 Å². The summed E-state index contributed by atoms with van der Waals surface area (Å²) in [5.74, 6) is 2.38. The predicted molar refractivity (Wildman–Crippen MR) is 81.6 cm³/mol. The smallest absolute Gasteiger partial charge is 0.277 e. The molecule has 5 nitrogen and oxygen atoms in total. The molecule has 0 saturated carbocycles. The number of benzene rings is 1. The monoisotopic (exact) mass is 356 g/mol. The van der Waals surface area contributed by atoms with Crippen LogP contribution in [0.3, 0.4) is 0 Å². The molecule has 0 N–H and O–H groups in total. The first-order valence-electron chi connectivity index (χ1n) is 5.66. The van der Waals surface area contributed by atoms with Crippen LogP contribution in [0.2, 0.25) is 0 Å². The summed E-state index contributed by atoms with van der Waals surface area (Å²) in [6.45, 7) is 3.75. The van der Waals surface area contributed by atoms with Crippen LogP contribution in [0.25, 0.3) is 11.5 Å². The van der Waals surface area contributed by atoms with Crippen molar-refractivity contribution >= 4 is 27.7 Å². The molecular weight excluding hydrogens is 344 g/mol. The van der Waals surface area contributed by atoms with Crippen LogP contribution in [-0.4, -0.2) is 30.2 Å². The first kappa shape index (κ1) is 14.9. The minimum Gasteiger partial charge on any atom is -0.493 e. The Labute approximate surface area is 129 Å². The number of hydrogen-bond donors (Lipinski definition) is 0. The molecule has 0 fully saturated rings. The lowest BCUT2D eigenvalue weighted by atomic mass is 10.2. The fraction of sp³-hybridized carbons (Fsp3) is 0.231. The van der Waals surface area contributed by atoms with Gasteiger partial charge in [0.15, 0.2) is 11.5 Å². The molecule has 7 heteroatoms. The molecule has 2 rings (SSSR count). The molecule has 1 heterocycles. The molecule has 1 aromatic heterocycles. The van der Waals surface area contributed by atoms with Crippen LogP contribution in [0.5, 0.6) is 11.5 Å². The first-order chi connectivity index (χ1) is 9.63. The molecule has 2 aromatic rings. The summed E-state index contributed by atoms with van der Waals surface area (Å²) < 4.78 is 16.9. The van der Waals surface area contributed by atoms with Gasteiger partial charge in [0.2, 0.25) is 5.89 Å². The zero-order valence-electron chi connectivity index (χ0n) is 11.1. The average Bonchev–Trinajstić information content (AvgIpc) is 2.93. The number of methoxy groups -OCH3 is 2. The van der Waals surface area contributed by atoms with Gasteiger partial charge in [-0.25, -0.2) is 0 Å². The normalized spacial score (nSPS) is 10.3. The van der Waals surface area contributed by atoms with Crippen LogP contribution in [0.1, 0.15) is 0 Å². The Morgan fingerprint density at radius 2 is 2.05 bits per heavy atom. The van der Waals surface area contributed by atoms with Gasteiger partial charge in [-0.05, 0) is 22.7 Å². The van der Waals surface area contributed by atoms with Crippen molar-refractivity contribution in [1.29, 1.82) is 0 Å². The van der Waals surface area contributed by atoms with Gasteiger partial charge in [0, 0.05) is 11.3 Å². The molecule has 20 heavy (non-hydrogen) atoms. The Bertz CT molecular complexity index is 615. The number of hydrogen-bond acceptors (Lipinski definition) is 6. The molecule has 0 amide bonds. The number of rotatable bonds is 6. The number of aromatic nitrogens is 2. The van der Waals surface area contributed by atoms with Crippen molar-refractivity contribution in [1.82, 2.24) is 10.2 Å². The molecule has 0 saturated heterocycles. The summed E-state index contributed by atoms with van der Waals surface area (Å²) in [4.78, 5) is 0. The molecule has 0 atom stereocenters. The van der Waals surface area contributed by atoms with Crippen molar-refractivity contribution in [2.75, 3.05) is 20.0 Å². The molecule has 0 aliphatic carbocycles. The van der Waals surface area contributed by atoms with Crippen molar-refractivity contribution in [3.05, 3.63) is 29.3 Å². The number of halogens is 1. The van der Waals surface area contributed by atoms with Gasteiger partial charge in [-0.3, -0.25) is 0 Å². The van der Waals surface area contributed by atoms with E-state index < -0.39 is 0 Å². The topological polar surface area (TPSA) is 57.4 Å². The standard InChI is InChI=1S/C13H13BrN2O3S/c1-8(14)7-20-13-16-15-12(19-13)9-4-5-10(17-2)11(6-9)18-3/h4-6H,1,7H2,2-3H3. The molecule has 0 unspecified atom stereocenters. The second-order valence-corrected chi connectivity index (χ2v) is 5.80. The van der Waals surface area contributed by atoms with E-state index in [2.05, 4.69) is 32.7 Å². The third-order valence-corrected chi connectivity index (χ3v) is 3.95. The highest BCUT2D eigenvalue weighted by Gasteiger charge is 2.12. The molecule has 0 aliphatic rings. The molecule has 0 spiro atoms. The first-order valence-corrected chi connectivity index (χ1v) is 7.44. The third-order valence-electron chi connectivity index (χ3n) is 2.39. The maximum Gasteiger partial charge on any atom is 0.277 e. The fourth-order valence-corrected chi connectivity index (χ4v) is 2.35. The second kappa shape index (κ2) is 6.81. The molecular formula is C13H13BrN2O3S. The van der Waals surface area contributed by atoms with Crippen LogP contribution in [-0.2, 0) is 0 Å². The summed E-state index contributed by atoms with van der Waals surface area (Å²) in [6, 6.07) is 5.43. The van der Waals surface area contributed by atoms with E-state index in [0.29, 0.717) is 28.4 Å². The van der Waals surface area contributed by atoms with E-state index in [1.807, 2.05) is 6.07 Å². The van der Waals surface area contributed by atoms with Crippen LogP contribution in [0.4, 0.5) is 0 Å². The minimum atomic E-state index is 0.439. The lowest BCUT2D eigenvalue weighted by Gasteiger charge is -2.07. The zero-order valence-corrected chi connectivity index (χ0v) is 13.5. The van der Waals surface area contributed by atoms with Crippen LogP contribution in [0.15, 0.2) is 38.9 Å². The number of thioether (sulfide) groups is 1. The molecule has 0 aliphatic heterocycles. The maximum absolute atomic E-state index is 5.58. The minimum absolute atomic E-state index is 0.439. The van der Waals surface area contributed by atoms with E-state index in [4.69, 9.17) is 13.9 Å². The Kier molecular flexibility index (Phi) is 5.08. The fourth-order valence-electron chi connectivity index (χ4n) is 1.49. The van der Waals surface area contributed by atoms with Crippen LogP contribution in [0, 0.1) is 0 Å². The van der Waals surface area contributed by atoms with Gasteiger partial charge < -0.3 is 13.9 Å². The van der Waals surface area contributed by atoms with Crippen molar-refractivity contribution in [2.45, 2.75) is 5.22 Å². The lowest BCUT2D eigenvalue weighted by Crippen LogP contribution is -1.90. The van der Waals surface area contributed by atoms with Gasteiger partial charge in [0.05, 0.1) is 14.2 Å². The van der Waals surface area contributed by atoms with E-state index in [0.717, 1.165) is 10.0 Å². The molecule has 106 valence electrons. The summed E-state index contributed by atoms with van der Waals surface area (Å²) in [5.41, 5.74) is 0.777. The zero-order chi connectivity index (χ0) is 14.5. The van der Waals surface area contributed by atoms with E-state index in [-0.39, 0.29) is 0 Å². The van der Waals surface area contributed by atoms with Gasteiger partial charge in [-0.2, -0.15) is 0 Å². The second-order valence-electron chi connectivity index (χ2n) is 3.75. The van der Waals surface area contributed by atoms with Gasteiger partial charge in [-0.1, -0.05) is 34.3 Å². The summed E-state index contributed by atoms with van der Waals surface area (Å²) in [7, 11) is 3.17. The van der Waals surface area contributed by atoms with Gasteiger partial charge in [0.25, 0.3) is 5.22 Å². The SMILES string of the molecule is C=C(Br)CSc1nnc(-c2ccc(OC)c(OC)c2)o1. The Hall–Kier alpha value is -1.47. The van der Waals surface area contributed by atoms with Crippen LogP contribution < -0.4 is 9.47 Å². The Balaban J connectivity index is 2.21. The predicted octanol–water partition coefficient (Wildman–Crippen LogP) is 3.75. The van der Waals surface area contributed by atoms with E-state index in [1.54, 1.807) is 26.4 Å². The maximum atomic E-state index is 5.58. The molecule has 0 bridgehead atoms. The van der Waals surface area contributed by atoms with Gasteiger partial charge >= 0.3 is 0 Å². The van der Waals surface area contributed by atoms with Gasteiger partial charge in [0.1, 0.15) is 0 Å². The third kappa shape index (κ3) is 3.55. The lowest BCUT2D eigenvalue weighted by molar-refractivity contribution is 0.355.